The predicted octanol–water partition coefficient (Wildman–Crippen LogP) is -0.750. The fourth-order valence-electron chi connectivity index (χ4n) is 1.31. The third kappa shape index (κ3) is 7.88. The predicted molar refractivity (Wildman–Crippen MR) is 66.0 cm³/mol. The number of aliphatic hydroxyl groups excluding tert-OH is 1. The van der Waals surface area contributed by atoms with E-state index in [2.05, 4.69) is 14.2 Å². The molecule has 1 aliphatic heterocycles. The van der Waals surface area contributed by atoms with Gasteiger partial charge in [-0.2, -0.15) is 0 Å². The highest BCUT2D eigenvalue weighted by Crippen LogP contribution is 2.12. The third-order valence-electron chi connectivity index (χ3n) is 2.48. The van der Waals surface area contributed by atoms with Crippen molar-refractivity contribution in [1.29, 1.82) is 0 Å². The molecular weight excluding hydrogens is 288 g/mol. The van der Waals surface area contributed by atoms with Gasteiger partial charge in [-0.15, -0.1) is 0 Å². The van der Waals surface area contributed by atoms with Gasteiger partial charge in [0.2, 0.25) is 0 Å². The molecule has 0 aromatic rings. The first-order valence-electron chi connectivity index (χ1n) is 6.06. The molecule has 0 aliphatic carbocycles. The lowest BCUT2D eigenvalue weighted by Gasteiger charge is -2.06. The minimum absolute atomic E-state index is 0.00671. The fraction of sp³-hybridized carbons (Fsp3) is 0.667. The van der Waals surface area contributed by atoms with Gasteiger partial charge in [0.25, 0.3) is 0 Å². The van der Waals surface area contributed by atoms with Gasteiger partial charge in [-0.05, 0) is 6.42 Å². The van der Waals surface area contributed by atoms with Crippen LogP contribution in [0, 0.1) is 0 Å². The van der Waals surface area contributed by atoms with Crippen molar-refractivity contribution in [3.05, 3.63) is 0 Å². The second-order valence-electron chi connectivity index (χ2n) is 4.01. The van der Waals surface area contributed by atoms with E-state index in [0.29, 0.717) is 6.42 Å². The van der Waals surface area contributed by atoms with E-state index < -0.39 is 36.1 Å². The van der Waals surface area contributed by atoms with E-state index in [9.17, 15) is 19.2 Å². The van der Waals surface area contributed by atoms with Crippen LogP contribution in [0.4, 0.5) is 0 Å². The number of methoxy groups -OCH3 is 2. The number of hydrogen-bond donors (Lipinski definition) is 2. The summed E-state index contributed by atoms with van der Waals surface area (Å²) in [7, 11) is 2.41. The van der Waals surface area contributed by atoms with Crippen LogP contribution in [-0.2, 0) is 33.4 Å². The molecule has 9 nitrogen and oxygen atoms in total. The van der Waals surface area contributed by atoms with Gasteiger partial charge in [-0.3, -0.25) is 9.59 Å². The Bertz CT molecular complexity index is 390. The lowest BCUT2D eigenvalue weighted by Crippen LogP contribution is -2.22. The SMILES string of the molecule is COC(=O)CC[C@@H](O)C(=O)OC.O=C1CC[C@H](C(=O)O)O1. The molecule has 120 valence electrons. The molecule has 0 spiro atoms. The average Bonchev–Trinajstić information content (AvgIpc) is 2.90. The second-order valence-corrected chi connectivity index (χ2v) is 4.01. The summed E-state index contributed by atoms with van der Waals surface area (Å²) in [4.78, 5) is 41.5. The van der Waals surface area contributed by atoms with Gasteiger partial charge < -0.3 is 24.4 Å². The number of aliphatic carboxylic acids is 1. The highest BCUT2D eigenvalue weighted by molar-refractivity contribution is 5.81. The maximum atomic E-state index is 10.6. The zero-order chi connectivity index (χ0) is 16.4. The molecule has 1 rings (SSSR count). The Morgan fingerprint density at radius 1 is 1.33 bits per heavy atom. The minimum atomic E-state index is -1.24. The second kappa shape index (κ2) is 9.70. The van der Waals surface area contributed by atoms with E-state index in [1.54, 1.807) is 0 Å². The Hall–Kier alpha value is -2.16. The van der Waals surface area contributed by atoms with Gasteiger partial charge in [0.1, 0.15) is 0 Å². The van der Waals surface area contributed by atoms with E-state index in [-0.39, 0.29) is 19.3 Å². The molecule has 0 radical (unpaired) electrons. The zero-order valence-electron chi connectivity index (χ0n) is 11.7. The number of carbonyl (C=O) groups is 4. The van der Waals surface area contributed by atoms with Gasteiger partial charge in [-0.1, -0.05) is 0 Å². The van der Waals surface area contributed by atoms with Crippen LogP contribution in [0.3, 0.4) is 0 Å². The summed E-state index contributed by atoms with van der Waals surface area (Å²) >= 11 is 0. The fourth-order valence-corrected chi connectivity index (χ4v) is 1.31. The Labute approximate surface area is 120 Å². The summed E-state index contributed by atoms with van der Waals surface area (Å²) in [5.74, 6) is -2.67. The van der Waals surface area contributed by atoms with E-state index in [1.165, 1.54) is 14.2 Å². The molecule has 1 heterocycles. The highest BCUT2D eigenvalue weighted by atomic mass is 16.6. The van der Waals surface area contributed by atoms with Crippen LogP contribution in [0.25, 0.3) is 0 Å². The topological polar surface area (TPSA) is 136 Å². The molecule has 0 saturated carbocycles. The number of carboxylic acid groups (broad SMARTS) is 1. The summed E-state index contributed by atoms with van der Waals surface area (Å²) < 4.78 is 12.9. The van der Waals surface area contributed by atoms with Crippen molar-refractivity contribution in [2.24, 2.45) is 0 Å². The maximum absolute atomic E-state index is 10.6. The van der Waals surface area contributed by atoms with Crippen LogP contribution in [0.2, 0.25) is 0 Å². The summed E-state index contributed by atoms with van der Waals surface area (Å²) in [5.41, 5.74) is 0. The average molecular weight is 306 g/mol. The molecule has 0 unspecified atom stereocenters. The third-order valence-corrected chi connectivity index (χ3v) is 2.48. The first-order valence-corrected chi connectivity index (χ1v) is 6.06. The molecule has 0 aromatic heterocycles. The van der Waals surface area contributed by atoms with Crippen molar-refractivity contribution in [3.63, 3.8) is 0 Å². The number of rotatable bonds is 5. The maximum Gasteiger partial charge on any atom is 0.345 e. The smallest absolute Gasteiger partial charge is 0.345 e. The zero-order valence-corrected chi connectivity index (χ0v) is 11.7. The molecule has 1 fully saturated rings. The normalized spacial score (nSPS) is 17.9. The molecule has 2 atom stereocenters. The molecule has 0 bridgehead atoms. The Morgan fingerprint density at radius 3 is 2.29 bits per heavy atom. The van der Waals surface area contributed by atoms with Crippen molar-refractivity contribution < 1.29 is 43.6 Å². The quantitative estimate of drug-likeness (QED) is 0.496. The number of hydrogen-bond acceptors (Lipinski definition) is 8. The number of carboxylic acids is 1. The Balaban J connectivity index is 0.000000394. The van der Waals surface area contributed by atoms with Gasteiger partial charge in [0.05, 0.1) is 14.2 Å². The van der Waals surface area contributed by atoms with Crippen LogP contribution in [0.5, 0.6) is 0 Å². The molecule has 2 N–H and O–H groups in total. The monoisotopic (exact) mass is 306 g/mol. The largest absolute Gasteiger partial charge is 0.479 e. The number of carbonyl (C=O) groups excluding carboxylic acids is 3. The molecule has 21 heavy (non-hydrogen) atoms. The highest BCUT2D eigenvalue weighted by Gasteiger charge is 2.28. The number of ether oxygens (including phenoxy) is 3. The molecule has 0 amide bonds. The van der Waals surface area contributed by atoms with Gasteiger partial charge in [0, 0.05) is 19.3 Å². The Kier molecular flexibility index (Phi) is 8.70. The molecular formula is C12H18O9. The summed E-state index contributed by atoms with van der Waals surface area (Å²) in [6.07, 6.45) is -1.55. The van der Waals surface area contributed by atoms with Crippen LogP contribution in [0.15, 0.2) is 0 Å². The number of aliphatic hydroxyl groups is 1. The van der Waals surface area contributed by atoms with E-state index in [1.807, 2.05) is 0 Å². The molecule has 9 heteroatoms. The minimum Gasteiger partial charge on any atom is -0.479 e. The summed E-state index contributed by atoms with van der Waals surface area (Å²) in [6, 6.07) is 0. The van der Waals surface area contributed by atoms with Crippen LogP contribution in [0.1, 0.15) is 25.7 Å². The van der Waals surface area contributed by atoms with E-state index in [0.717, 1.165) is 0 Å². The lowest BCUT2D eigenvalue weighted by atomic mass is 10.2. The first kappa shape index (κ1) is 18.8. The van der Waals surface area contributed by atoms with Crippen LogP contribution < -0.4 is 0 Å². The van der Waals surface area contributed by atoms with Gasteiger partial charge in [0.15, 0.2) is 12.2 Å². The number of esters is 3. The van der Waals surface area contributed by atoms with E-state index >= 15 is 0 Å². The first-order chi connectivity index (χ1) is 9.81. The summed E-state index contributed by atoms with van der Waals surface area (Å²) in [6.45, 7) is 0. The van der Waals surface area contributed by atoms with Crippen molar-refractivity contribution in [2.75, 3.05) is 14.2 Å². The molecule has 0 aromatic carbocycles. The van der Waals surface area contributed by atoms with E-state index in [4.69, 9.17) is 10.2 Å². The van der Waals surface area contributed by atoms with Crippen molar-refractivity contribution in [3.8, 4) is 0 Å². The van der Waals surface area contributed by atoms with Gasteiger partial charge >= 0.3 is 23.9 Å². The van der Waals surface area contributed by atoms with Crippen molar-refractivity contribution in [1.82, 2.24) is 0 Å². The standard InChI is InChI=1S/C7H12O5.C5H6O4/c1-11-6(9)4-3-5(8)7(10)12-2;6-4-2-1-3(9-4)5(7)8/h5,8H,3-4H2,1-2H3;3H,1-2H2,(H,7,8)/t5-;3-/m11/s1. The van der Waals surface area contributed by atoms with Crippen molar-refractivity contribution >= 4 is 23.9 Å². The van der Waals surface area contributed by atoms with Crippen LogP contribution >= 0.6 is 0 Å². The van der Waals surface area contributed by atoms with Crippen molar-refractivity contribution in [2.45, 2.75) is 37.9 Å². The number of cyclic esters (lactones) is 1. The van der Waals surface area contributed by atoms with Crippen LogP contribution in [-0.4, -0.2) is 60.5 Å². The molecule has 1 saturated heterocycles. The molecule has 1 aliphatic rings. The Morgan fingerprint density at radius 2 is 1.95 bits per heavy atom. The lowest BCUT2D eigenvalue weighted by molar-refractivity contribution is -0.156. The summed E-state index contributed by atoms with van der Waals surface area (Å²) in [5, 5.41) is 17.2. The van der Waals surface area contributed by atoms with Gasteiger partial charge in [-0.25, -0.2) is 9.59 Å².